The summed E-state index contributed by atoms with van der Waals surface area (Å²) in [7, 11) is 0. The maximum Gasteiger partial charge on any atom is 0.317 e. The van der Waals surface area contributed by atoms with E-state index in [1.54, 1.807) is 11.8 Å². The Balaban J connectivity index is 2.18. The number of amides is 3. The van der Waals surface area contributed by atoms with Gasteiger partial charge < -0.3 is 21.1 Å². The highest BCUT2D eigenvalue weighted by Gasteiger charge is 2.29. The van der Waals surface area contributed by atoms with Gasteiger partial charge in [-0.15, -0.1) is 0 Å². The molecule has 0 radical (unpaired) electrons. The number of nitrogens with two attached hydrogens (primary N) is 1. The van der Waals surface area contributed by atoms with Crippen LogP contribution in [0.4, 0.5) is 4.79 Å². The fourth-order valence-electron chi connectivity index (χ4n) is 2.02. The van der Waals surface area contributed by atoms with Crippen molar-refractivity contribution in [1.29, 1.82) is 0 Å². The third kappa shape index (κ3) is 4.76. The molecule has 19 heavy (non-hydrogen) atoms. The first-order chi connectivity index (χ1) is 8.91. The fraction of sp³-hybridized carbons (Fsp3) is 0.750. The molecule has 2 atom stereocenters. The van der Waals surface area contributed by atoms with Crippen molar-refractivity contribution in [2.75, 3.05) is 19.6 Å². The molecule has 1 aliphatic heterocycles. The molecule has 4 N–H and O–H groups in total. The maximum absolute atomic E-state index is 11.7. The lowest BCUT2D eigenvalue weighted by Gasteiger charge is -2.17. The fourth-order valence-corrected chi connectivity index (χ4v) is 2.02. The molecule has 7 nitrogen and oxygen atoms in total. The topological polar surface area (TPSA) is 113 Å². The highest BCUT2D eigenvalue weighted by Crippen LogP contribution is 2.15. The minimum absolute atomic E-state index is 0.216. The number of likely N-dealkylation sites (tertiary alicyclic amines) is 1. The van der Waals surface area contributed by atoms with Crippen molar-refractivity contribution in [2.45, 2.75) is 26.2 Å². The average molecular weight is 271 g/mol. The minimum Gasteiger partial charge on any atom is -0.481 e. The second-order valence-corrected chi connectivity index (χ2v) is 4.95. The number of nitrogens with one attached hydrogen (secondary N) is 1. The summed E-state index contributed by atoms with van der Waals surface area (Å²) in [4.78, 5) is 34.9. The maximum atomic E-state index is 11.7. The number of carboxylic acids is 1. The monoisotopic (exact) mass is 271 g/mol. The zero-order valence-corrected chi connectivity index (χ0v) is 11.1. The molecule has 0 aromatic heterocycles. The van der Waals surface area contributed by atoms with Crippen LogP contribution < -0.4 is 11.1 Å². The zero-order valence-electron chi connectivity index (χ0n) is 11.1. The van der Waals surface area contributed by atoms with Crippen LogP contribution >= 0.6 is 0 Å². The number of carbonyl (C=O) groups is 3. The van der Waals surface area contributed by atoms with Crippen LogP contribution in [0.5, 0.6) is 0 Å². The van der Waals surface area contributed by atoms with Gasteiger partial charge in [-0.05, 0) is 19.3 Å². The molecule has 108 valence electrons. The lowest BCUT2D eigenvalue weighted by atomic mass is 10.1. The molecule has 0 aliphatic carbocycles. The standard InChI is InChI=1S/C12H21N3O4/c1-8(11(17)18)3-2-5-14-12(19)15-6-4-9(7-15)10(13)16/h8-9H,2-7H2,1H3,(H2,13,16)(H,14,19)(H,17,18). The number of nitrogens with zero attached hydrogens (tertiary/aromatic N) is 1. The number of rotatable bonds is 6. The Morgan fingerprint density at radius 3 is 2.68 bits per heavy atom. The van der Waals surface area contributed by atoms with E-state index in [1.165, 1.54) is 0 Å². The first-order valence-electron chi connectivity index (χ1n) is 6.46. The van der Waals surface area contributed by atoms with Crippen molar-refractivity contribution in [1.82, 2.24) is 10.2 Å². The van der Waals surface area contributed by atoms with Gasteiger partial charge in [-0.2, -0.15) is 0 Å². The Kier molecular flexibility index (Phi) is 5.59. The molecule has 0 aromatic carbocycles. The van der Waals surface area contributed by atoms with Gasteiger partial charge >= 0.3 is 12.0 Å². The SMILES string of the molecule is CC(CCCNC(=O)N1CCC(C(N)=O)C1)C(=O)O. The van der Waals surface area contributed by atoms with E-state index >= 15 is 0 Å². The van der Waals surface area contributed by atoms with E-state index in [9.17, 15) is 14.4 Å². The molecule has 0 spiro atoms. The molecule has 3 amide bonds. The van der Waals surface area contributed by atoms with Crippen LogP contribution in [0, 0.1) is 11.8 Å². The number of carbonyl (C=O) groups excluding carboxylic acids is 2. The first-order valence-corrected chi connectivity index (χ1v) is 6.46. The van der Waals surface area contributed by atoms with Crippen LogP contribution in [-0.4, -0.2) is 47.5 Å². The minimum atomic E-state index is -0.824. The molecular weight excluding hydrogens is 250 g/mol. The Morgan fingerprint density at radius 2 is 2.16 bits per heavy atom. The van der Waals surface area contributed by atoms with E-state index in [-0.39, 0.29) is 17.9 Å². The van der Waals surface area contributed by atoms with E-state index in [1.807, 2.05) is 0 Å². The summed E-state index contributed by atoms with van der Waals surface area (Å²) in [5.74, 6) is -1.85. The molecule has 1 rings (SSSR count). The second-order valence-electron chi connectivity index (χ2n) is 4.95. The summed E-state index contributed by atoms with van der Waals surface area (Å²) in [5.41, 5.74) is 5.19. The van der Waals surface area contributed by atoms with Crippen molar-refractivity contribution in [3.63, 3.8) is 0 Å². The zero-order chi connectivity index (χ0) is 14.4. The highest BCUT2D eigenvalue weighted by molar-refractivity contribution is 5.80. The van der Waals surface area contributed by atoms with Gasteiger partial charge in [-0.3, -0.25) is 9.59 Å². The number of primary amides is 1. The summed E-state index contributed by atoms with van der Waals surface area (Å²) in [5, 5.41) is 11.4. The average Bonchev–Trinajstić information content (AvgIpc) is 2.83. The Morgan fingerprint density at radius 1 is 1.47 bits per heavy atom. The van der Waals surface area contributed by atoms with E-state index in [4.69, 9.17) is 10.8 Å². The summed E-state index contributed by atoms with van der Waals surface area (Å²) < 4.78 is 0. The van der Waals surface area contributed by atoms with E-state index < -0.39 is 11.9 Å². The van der Waals surface area contributed by atoms with E-state index in [0.717, 1.165) is 0 Å². The van der Waals surface area contributed by atoms with Gasteiger partial charge in [0.05, 0.1) is 11.8 Å². The van der Waals surface area contributed by atoms with Gasteiger partial charge in [0.1, 0.15) is 0 Å². The number of hydrogen-bond acceptors (Lipinski definition) is 3. The lowest BCUT2D eigenvalue weighted by molar-refractivity contribution is -0.141. The molecule has 1 fully saturated rings. The number of aliphatic carboxylic acids is 1. The lowest BCUT2D eigenvalue weighted by Crippen LogP contribution is -2.39. The van der Waals surface area contributed by atoms with Crippen LogP contribution in [0.25, 0.3) is 0 Å². The second kappa shape index (κ2) is 6.96. The van der Waals surface area contributed by atoms with Crippen LogP contribution in [0.1, 0.15) is 26.2 Å². The Hall–Kier alpha value is -1.79. The third-order valence-corrected chi connectivity index (χ3v) is 3.39. The first kappa shape index (κ1) is 15.3. The van der Waals surface area contributed by atoms with Gasteiger partial charge in [-0.1, -0.05) is 6.92 Å². The van der Waals surface area contributed by atoms with Crippen molar-refractivity contribution >= 4 is 17.9 Å². The van der Waals surface area contributed by atoms with Gasteiger partial charge in [0.25, 0.3) is 0 Å². The molecule has 1 aliphatic rings. The molecule has 7 heteroatoms. The Bertz CT molecular complexity index is 359. The van der Waals surface area contributed by atoms with Gasteiger partial charge in [0.15, 0.2) is 0 Å². The van der Waals surface area contributed by atoms with Crippen LogP contribution in [0.3, 0.4) is 0 Å². The van der Waals surface area contributed by atoms with Gasteiger partial charge in [-0.25, -0.2) is 4.79 Å². The van der Waals surface area contributed by atoms with E-state index in [0.29, 0.717) is 38.9 Å². The normalized spacial score (nSPS) is 20.1. The van der Waals surface area contributed by atoms with Gasteiger partial charge in [0.2, 0.25) is 5.91 Å². The summed E-state index contributed by atoms with van der Waals surface area (Å²) in [6.07, 6.45) is 1.75. The van der Waals surface area contributed by atoms with Crippen LogP contribution in [0.15, 0.2) is 0 Å². The predicted molar refractivity (Wildman–Crippen MR) is 68.3 cm³/mol. The number of hydrogen-bond donors (Lipinski definition) is 3. The van der Waals surface area contributed by atoms with Gasteiger partial charge in [0, 0.05) is 19.6 Å². The smallest absolute Gasteiger partial charge is 0.317 e. The third-order valence-electron chi connectivity index (χ3n) is 3.39. The Labute approximate surface area is 112 Å². The number of urea groups is 1. The summed E-state index contributed by atoms with van der Waals surface area (Å²) in [6.45, 7) is 2.98. The molecule has 0 bridgehead atoms. The largest absolute Gasteiger partial charge is 0.481 e. The summed E-state index contributed by atoms with van der Waals surface area (Å²) >= 11 is 0. The molecular formula is C12H21N3O4. The summed E-state index contributed by atoms with van der Waals surface area (Å²) in [6, 6.07) is -0.216. The van der Waals surface area contributed by atoms with Crippen molar-refractivity contribution < 1.29 is 19.5 Å². The van der Waals surface area contributed by atoms with Crippen molar-refractivity contribution in [3.8, 4) is 0 Å². The molecule has 0 saturated carbocycles. The number of carboxylic acid groups (broad SMARTS) is 1. The molecule has 2 unspecified atom stereocenters. The van der Waals surface area contributed by atoms with E-state index in [2.05, 4.69) is 5.32 Å². The predicted octanol–water partition coefficient (Wildman–Crippen LogP) is 0.00410. The van der Waals surface area contributed by atoms with Crippen LogP contribution in [0.2, 0.25) is 0 Å². The molecule has 1 saturated heterocycles. The van der Waals surface area contributed by atoms with Crippen LogP contribution in [-0.2, 0) is 9.59 Å². The quantitative estimate of drug-likeness (QED) is 0.590. The highest BCUT2D eigenvalue weighted by atomic mass is 16.4. The van der Waals surface area contributed by atoms with Crippen molar-refractivity contribution in [2.24, 2.45) is 17.6 Å². The van der Waals surface area contributed by atoms with Crippen molar-refractivity contribution in [3.05, 3.63) is 0 Å². The molecule has 1 heterocycles. The molecule has 0 aromatic rings.